The van der Waals surface area contributed by atoms with Gasteiger partial charge in [0.25, 0.3) is 0 Å². The van der Waals surface area contributed by atoms with E-state index in [-0.39, 0.29) is 6.79 Å². The first-order chi connectivity index (χ1) is 15.2. The molecule has 0 aliphatic carbocycles. The second-order valence-corrected chi connectivity index (χ2v) is 8.81. The quantitative estimate of drug-likeness (QED) is 0.371. The van der Waals surface area contributed by atoms with E-state index in [2.05, 4.69) is 15.6 Å². The minimum Gasteiger partial charge on any atom is -0.485 e. The molecule has 7 nitrogen and oxygen atoms in total. The molecule has 9 heteroatoms. The fourth-order valence-electron chi connectivity index (χ4n) is 3.13. The Morgan fingerprint density at radius 3 is 2.90 bits per heavy atom. The molecule has 158 valence electrons. The Hall–Kier alpha value is -3.04. The molecule has 3 heterocycles. The molecule has 0 unspecified atom stereocenters. The molecule has 0 N–H and O–H groups in total. The highest BCUT2D eigenvalue weighted by atomic mass is 32.2. The van der Waals surface area contributed by atoms with Crippen molar-refractivity contribution in [2.45, 2.75) is 24.4 Å². The highest BCUT2D eigenvalue weighted by Gasteiger charge is 2.16. The fourth-order valence-corrected chi connectivity index (χ4v) is 4.88. The maximum Gasteiger partial charge on any atom is 0.231 e. The summed E-state index contributed by atoms with van der Waals surface area (Å²) < 4.78 is 18.7. The molecule has 1 aliphatic heterocycles. The number of hydrogen-bond acceptors (Lipinski definition) is 8. The first-order valence-electron chi connectivity index (χ1n) is 9.71. The van der Waals surface area contributed by atoms with Gasteiger partial charge in [0.05, 0.1) is 5.69 Å². The van der Waals surface area contributed by atoms with Gasteiger partial charge >= 0.3 is 0 Å². The zero-order valence-corrected chi connectivity index (χ0v) is 18.7. The Morgan fingerprint density at radius 2 is 2.00 bits per heavy atom. The molecule has 5 rings (SSSR count). The third-order valence-electron chi connectivity index (χ3n) is 4.90. The molecule has 0 amide bonds. The first-order valence-corrected chi connectivity index (χ1v) is 11.6. The molecular weight excluding hydrogens is 432 g/mol. The predicted molar refractivity (Wildman–Crippen MR) is 120 cm³/mol. The van der Waals surface area contributed by atoms with Gasteiger partial charge in [-0.2, -0.15) is 0 Å². The highest BCUT2D eigenvalue weighted by molar-refractivity contribution is 7.98. The number of rotatable bonds is 7. The van der Waals surface area contributed by atoms with Crippen molar-refractivity contribution in [1.29, 1.82) is 0 Å². The maximum atomic E-state index is 5.90. The topological polar surface area (TPSA) is 71.3 Å². The first kappa shape index (κ1) is 19.9. The van der Waals surface area contributed by atoms with E-state index in [1.54, 1.807) is 23.1 Å². The minimum atomic E-state index is 0.272. The van der Waals surface area contributed by atoms with Gasteiger partial charge in [-0.3, -0.25) is 0 Å². The summed E-state index contributed by atoms with van der Waals surface area (Å²) in [6.45, 7) is 2.67. The van der Waals surface area contributed by atoms with Gasteiger partial charge in [0.1, 0.15) is 17.4 Å². The number of benzene rings is 2. The van der Waals surface area contributed by atoms with Gasteiger partial charge in [0.2, 0.25) is 6.79 Å². The van der Waals surface area contributed by atoms with Crippen molar-refractivity contribution in [2.75, 3.05) is 6.79 Å². The van der Waals surface area contributed by atoms with Crippen molar-refractivity contribution in [3.63, 3.8) is 0 Å². The molecule has 2 aromatic heterocycles. The van der Waals surface area contributed by atoms with Gasteiger partial charge in [0, 0.05) is 23.7 Å². The number of thioether (sulfide) groups is 1. The van der Waals surface area contributed by atoms with Crippen LogP contribution in [0.5, 0.6) is 17.2 Å². The second-order valence-electron chi connectivity index (χ2n) is 7.01. The third-order valence-corrected chi connectivity index (χ3v) is 6.89. The largest absolute Gasteiger partial charge is 0.485 e. The van der Waals surface area contributed by atoms with E-state index < -0.39 is 0 Å². The van der Waals surface area contributed by atoms with Crippen LogP contribution in [0, 0.1) is 6.92 Å². The average molecular weight is 453 g/mol. The molecule has 0 saturated heterocycles. The average Bonchev–Trinajstić information content (AvgIpc) is 3.51. The molecule has 31 heavy (non-hydrogen) atoms. The van der Waals surface area contributed by atoms with Crippen LogP contribution < -0.4 is 14.2 Å². The number of ether oxygens (including phenoxy) is 3. The van der Waals surface area contributed by atoms with Crippen LogP contribution in [-0.2, 0) is 19.4 Å². The Kier molecular flexibility index (Phi) is 5.52. The van der Waals surface area contributed by atoms with Crippen LogP contribution in [0.25, 0.3) is 10.6 Å². The normalized spacial score (nSPS) is 12.3. The van der Waals surface area contributed by atoms with E-state index in [9.17, 15) is 0 Å². The summed E-state index contributed by atoms with van der Waals surface area (Å²) in [6, 6.07) is 13.9. The lowest BCUT2D eigenvalue weighted by Gasteiger charge is -2.08. The summed E-state index contributed by atoms with van der Waals surface area (Å²) in [5.41, 5.74) is 3.13. The van der Waals surface area contributed by atoms with E-state index in [0.717, 1.165) is 50.1 Å². The van der Waals surface area contributed by atoms with Crippen LogP contribution in [0.1, 0.15) is 17.1 Å². The van der Waals surface area contributed by atoms with Crippen LogP contribution >= 0.6 is 23.1 Å². The summed E-state index contributed by atoms with van der Waals surface area (Å²) in [5.74, 6) is 3.90. The van der Waals surface area contributed by atoms with E-state index in [1.165, 1.54) is 0 Å². The van der Waals surface area contributed by atoms with Crippen molar-refractivity contribution in [3.05, 3.63) is 64.9 Å². The SMILES string of the molecule is Cc1ccccc1OCc1nnc(SCc2csc(-c3ccc4c(c3)OCO4)n2)n1C. The van der Waals surface area contributed by atoms with E-state index in [0.29, 0.717) is 12.4 Å². The summed E-state index contributed by atoms with van der Waals surface area (Å²) in [5, 5.41) is 12.5. The van der Waals surface area contributed by atoms with Crippen LogP contribution in [0.2, 0.25) is 0 Å². The monoisotopic (exact) mass is 452 g/mol. The zero-order chi connectivity index (χ0) is 21.2. The van der Waals surface area contributed by atoms with Crippen LogP contribution in [0.4, 0.5) is 0 Å². The van der Waals surface area contributed by atoms with Crippen molar-refractivity contribution in [1.82, 2.24) is 19.7 Å². The fraction of sp³-hybridized carbons (Fsp3) is 0.227. The van der Waals surface area contributed by atoms with Crippen molar-refractivity contribution < 1.29 is 14.2 Å². The second kappa shape index (κ2) is 8.60. The molecule has 0 saturated carbocycles. The molecule has 0 bridgehead atoms. The van der Waals surface area contributed by atoms with Crippen LogP contribution in [0.15, 0.2) is 53.0 Å². The summed E-state index contributed by atoms with van der Waals surface area (Å²) in [6.07, 6.45) is 0. The van der Waals surface area contributed by atoms with E-state index >= 15 is 0 Å². The number of aromatic nitrogens is 4. The number of para-hydroxylation sites is 1. The molecule has 1 aliphatic rings. The van der Waals surface area contributed by atoms with Gasteiger partial charge < -0.3 is 18.8 Å². The molecule has 0 radical (unpaired) electrons. The molecule has 0 spiro atoms. The zero-order valence-electron chi connectivity index (χ0n) is 17.1. The number of fused-ring (bicyclic) bond motifs is 1. The standard InChI is InChI=1S/C22H20N4O3S2/c1-14-5-3-4-6-17(14)27-10-20-24-25-22(26(20)2)31-12-16-11-30-21(23-16)15-7-8-18-19(9-15)29-13-28-18/h3-9,11H,10,12-13H2,1-2H3. The lowest BCUT2D eigenvalue weighted by Crippen LogP contribution is -2.04. The van der Waals surface area contributed by atoms with Gasteiger partial charge in [-0.1, -0.05) is 30.0 Å². The molecular formula is C22H20N4O3S2. The molecule has 0 atom stereocenters. The summed E-state index contributed by atoms with van der Waals surface area (Å²) in [4.78, 5) is 4.76. The van der Waals surface area contributed by atoms with Crippen molar-refractivity contribution >= 4 is 23.1 Å². The predicted octanol–water partition coefficient (Wildman–Crippen LogP) is 4.85. The lowest BCUT2D eigenvalue weighted by molar-refractivity contribution is 0.174. The van der Waals surface area contributed by atoms with Crippen LogP contribution in [0.3, 0.4) is 0 Å². The van der Waals surface area contributed by atoms with E-state index in [4.69, 9.17) is 19.2 Å². The van der Waals surface area contributed by atoms with Gasteiger partial charge in [-0.15, -0.1) is 21.5 Å². The summed E-state index contributed by atoms with van der Waals surface area (Å²) >= 11 is 3.22. The number of hydrogen-bond donors (Lipinski definition) is 0. The van der Waals surface area contributed by atoms with Crippen LogP contribution in [-0.4, -0.2) is 26.5 Å². The van der Waals surface area contributed by atoms with Crippen molar-refractivity contribution in [2.24, 2.45) is 7.05 Å². The van der Waals surface area contributed by atoms with Gasteiger partial charge in [-0.05, 0) is 36.8 Å². The number of nitrogens with zero attached hydrogens (tertiary/aromatic N) is 4. The Balaban J connectivity index is 1.21. The lowest BCUT2D eigenvalue weighted by atomic mass is 10.2. The van der Waals surface area contributed by atoms with Gasteiger partial charge in [0.15, 0.2) is 22.5 Å². The third kappa shape index (κ3) is 4.24. The summed E-state index contributed by atoms with van der Waals surface area (Å²) in [7, 11) is 1.96. The number of aryl methyl sites for hydroxylation is 1. The Morgan fingerprint density at radius 1 is 1.13 bits per heavy atom. The number of thiazole rings is 1. The Bertz CT molecular complexity index is 1220. The maximum absolute atomic E-state index is 5.90. The molecule has 4 aromatic rings. The Labute approximate surface area is 188 Å². The van der Waals surface area contributed by atoms with E-state index in [1.807, 2.05) is 61.0 Å². The highest BCUT2D eigenvalue weighted by Crippen LogP contribution is 2.37. The minimum absolute atomic E-state index is 0.272. The van der Waals surface area contributed by atoms with Crippen molar-refractivity contribution in [3.8, 4) is 27.8 Å². The molecule has 2 aromatic carbocycles. The smallest absolute Gasteiger partial charge is 0.231 e. The molecule has 0 fully saturated rings. The van der Waals surface area contributed by atoms with Gasteiger partial charge in [-0.25, -0.2) is 4.98 Å².